The fourth-order valence-corrected chi connectivity index (χ4v) is 4.28. The molecule has 0 saturated heterocycles. The van der Waals surface area contributed by atoms with Crippen LogP contribution in [0.25, 0.3) is 10.1 Å². The Bertz CT molecular complexity index is 1090. The van der Waals surface area contributed by atoms with E-state index in [2.05, 4.69) is 5.32 Å². The van der Waals surface area contributed by atoms with Gasteiger partial charge in [-0.3, -0.25) is 9.59 Å². The first kappa shape index (κ1) is 21.1. The average molecular weight is 441 g/mol. The Hall–Kier alpha value is -2.58. The maximum atomic E-state index is 13.8. The van der Waals surface area contributed by atoms with Crippen LogP contribution < -0.4 is 5.32 Å². The zero-order valence-electron chi connectivity index (χ0n) is 15.3. The zero-order chi connectivity index (χ0) is 21.1. The second-order valence-corrected chi connectivity index (χ2v) is 7.67. The Labute approximate surface area is 173 Å². The molecule has 29 heavy (non-hydrogen) atoms. The number of benzene rings is 2. The number of rotatable bonds is 6. The maximum absolute atomic E-state index is 13.8. The van der Waals surface area contributed by atoms with Crippen LogP contribution in [-0.2, 0) is 4.79 Å². The van der Waals surface area contributed by atoms with Crippen LogP contribution in [0.4, 0.5) is 18.9 Å². The maximum Gasteiger partial charge on any atom is 0.265 e. The summed E-state index contributed by atoms with van der Waals surface area (Å²) in [5, 5.41) is 3.22. The van der Waals surface area contributed by atoms with Gasteiger partial charge in [0, 0.05) is 16.6 Å². The standard InChI is InChI=1S/C20H16ClF3N2O2S/c1-2-9-26(10-15(27)25-13-8-7-12(22)17(23)18(13)24)20(28)19-16(21)11-5-3-4-6-14(11)29-19/h3-8H,2,9-10H2,1H3,(H,25,27). The molecule has 0 atom stereocenters. The third kappa shape index (κ3) is 4.38. The molecule has 0 bridgehead atoms. The van der Waals surface area contributed by atoms with Gasteiger partial charge in [0.05, 0.1) is 10.7 Å². The molecule has 0 radical (unpaired) electrons. The van der Waals surface area contributed by atoms with E-state index < -0.39 is 41.5 Å². The van der Waals surface area contributed by atoms with Crippen molar-refractivity contribution in [2.24, 2.45) is 0 Å². The van der Waals surface area contributed by atoms with Gasteiger partial charge in [-0.2, -0.15) is 0 Å². The Kier molecular flexibility index (Phi) is 6.44. The van der Waals surface area contributed by atoms with Gasteiger partial charge in [-0.1, -0.05) is 36.7 Å². The predicted molar refractivity (Wildman–Crippen MR) is 108 cm³/mol. The molecule has 0 spiro atoms. The van der Waals surface area contributed by atoms with E-state index in [0.717, 1.165) is 16.2 Å². The molecule has 0 fully saturated rings. The van der Waals surface area contributed by atoms with Crippen LogP contribution in [0.3, 0.4) is 0 Å². The van der Waals surface area contributed by atoms with Gasteiger partial charge in [0.1, 0.15) is 11.4 Å². The number of halogens is 4. The Morgan fingerprint density at radius 3 is 2.52 bits per heavy atom. The minimum Gasteiger partial charge on any atom is -0.329 e. The van der Waals surface area contributed by atoms with Crippen LogP contribution in [0.15, 0.2) is 36.4 Å². The summed E-state index contributed by atoms with van der Waals surface area (Å²) in [6.07, 6.45) is 0.571. The van der Waals surface area contributed by atoms with Gasteiger partial charge >= 0.3 is 0 Å². The lowest BCUT2D eigenvalue weighted by Crippen LogP contribution is -2.38. The lowest BCUT2D eigenvalue weighted by Gasteiger charge is -2.21. The molecule has 0 aliphatic heterocycles. The molecule has 152 valence electrons. The Morgan fingerprint density at radius 2 is 1.83 bits per heavy atom. The molecule has 2 aromatic carbocycles. The lowest BCUT2D eigenvalue weighted by atomic mass is 10.2. The lowest BCUT2D eigenvalue weighted by molar-refractivity contribution is -0.116. The summed E-state index contributed by atoms with van der Waals surface area (Å²) >= 11 is 7.57. The zero-order valence-corrected chi connectivity index (χ0v) is 16.8. The number of carbonyl (C=O) groups excluding carboxylic acids is 2. The van der Waals surface area contributed by atoms with Gasteiger partial charge in [-0.15, -0.1) is 11.3 Å². The predicted octanol–water partition coefficient (Wildman–Crippen LogP) is 5.46. The second kappa shape index (κ2) is 8.84. The fourth-order valence-electron chi connectivity index (χ4n) is 2.80. The molecule has 4 nitrogen and oxygen atoms in total. The monoisotopic (exact) mass is 440 g/mol. The first-order valence-corrected chi connectivity index (χ1v) is 9.92. The van der Waals surface area contributed by atoms with Gasteiger partial charge in [0.2, 0.25) is 5.91 Å². The van der Waals surface area contributed by atoms with E-state index >= 15 is 0 Å². The molecule has 1 aromatic heterocycles. The molecular weight excluding hydrogens is 425 g/mol. The van der Waals surface area contributed by atoms with Crippen LogP contribution in [0.5, 0.6) is 0 Å². The number of thiophene rings is 1. The fraction of sp³-hybridized carbons (Fsp3) is 0.200. The summed E-state index contributed by atoms with van der Waals surface area (Å²) in [5.41, 5.74) is -0.502. The number of fused-ring (bicyclic) bond motifs is 1. The summed E-state index contributed by atoms with van der Waals surface area (Å²) < 4.78 is 41.0. The third-order valence-corrected chi connectivity index (χ3v) is 5.82. The van der Waals surface area contributed by atoms with Crippen molar-refractivity contribution in [3.63, 3.8) is 0 Å². The molecule has 0 unspecified atom stereocenters. The smallest absolute Gasteiger partial charge is 0.265 e. The number of anilines is 1. The van der Waals surface area contributed by atoms with Gasteiger partial charge in [0.15, 0.2) is 17.5 Å². The van der Waals surface area contributed by atoms with Crippen LogP contribution in [-0.4, -0.2) is 29.8 Å². The van der Waals surface area contributed by atoms with Crippen molar-refractivity contribution >= 4 is 50.5 Å². The van der Waals surface area contributed by atoms with Crippen molar-refractivity contribution in [1.29, 1.82) is 0 Å². The van der Waals surface area contributed by atoms with E-state index in [1.807, 2.05) is 25.1 Å². The van der Waals surface area contributed by atoms with Gasteiger partial charge in [-0.25, -0.2) is 13.2 Å². The molecule has 2 amide bonds. The summed E-state index contributed by atoms with van der Waals surface area (Å²) in [6, 6.07) is 8.90. The van der Waals surface area contributed by atoms with Crippen LogP contribution in [0.2, 0.25) is 5.02 Å². The third-order valence-electron chi connectivity index (χ3n) is 4.15. The molecule has 1 heterocycles. The quantitative estimate of drug-likeness (QED) is 0.517. The highest BCUT2D eigenvalue weighted by Gasteiger charge is 2.24. The van der Waals surface area contributed by atoms with Crippen LogP contribution >= 0.6 is 22.9 Å². The number of hydrogen-bond donors (Lipinski definition) is 1. The highest BCUT2D eigenvalue weighted by Crippen LogP contribution is 2.36. The SMILES string of the molecule is CCCN(CC(=O)Nc1ccc(F)c(F)c1F)C(=O)c1sc2ccccc2c1Cl. The number of nitrogens with zero attached hydrogens (tertiary/aromatic N) is 1. The summed E-state index contributed by atoms with van der Waals surface area (Å²) in [4.78, 5) is 26.9. The van der Waals surface area contributed by atoms with Crippen LogP contribution in [0.1, 0.15) is 23.0 Å². The first-order chi connectivity index (χ1) is 13.8. The summed E-state index contributed by atoms with van der Waals surface area (Å²) in [6.45, 7) is 1.70. The summed E-state index contributed by atoms with van der Waals surface area (Å²) in [7, 11) is 0. The van der Waals surface area contributed by atoms with Crippen molar-refractivity contribution < 1.29 is 22.8 Å². The second-order valence-electron chi connectivity index (χ2n) is 6.24. The van der Waals surface area contributed by atoms with Crippen molar-refractivity contribution in [3.05, 3.63) is 63.7 Å². The normalized spacial score (nSPS) is 10.9. The van der Waals surface area contributed by atoms with Crippen molar-refractivity contribution in [3.8, 4) is 0 Å². The minimum atomic E-state index is -1.68. The molecule has 3 aromatic rings. The number of hydrogen-bond acceptors (Lipinski definition) is 3. The van der Waals surface area contributed by atoms with Crippen molar-refractivity contribution in [2.75, 3.05) is 18.4 Å². The van der Waals surface area contributed by atoms with Gasteiger partial charge in [-0.05, 0) is 24.6 Å². The molecule has 9 heteroatoms. The van der Waals surface area contributed by atoms with Crippen molar-refractivity contribution in [2.45, 2.75) is 13.3 Å². The minimum absolute atomic E-state index is 0.261. The molecular formula is C20H16ClF3N2O2S. The van der Waals surface area contributed by atoms with E-state index in [-0.39, 0.29) is 6.54 Å². The van der Waals surface area contributed by atoms with E-state index in [9.17, 15) is 22.8 Å². The molecule has 3 rings (SSSR count). The molecule has 0 aliphatic carbocycles. The van der Waals surface area contributed by atoms with Gasteiger partial charge < -0.3 is 10.2 Å². The largest absolute Gasteiger partial charge is 0.329 e. The van der Waals surface area contributed by atoms with Gasteiger partial charge in [0.25, 0.3) is 5.91 Å². The summed E-state index contributed by atoms with van der Waals surface area (Å²) in [5.74, 6) is -5.71. The van der Waals surface area contributed by atoms with E-state index in [1.54, 1.807) is 6.07 Å². The number of nitrogens with one attached hydrogen (secondary N) is 1. The topological polar surface area (TPSA) is 49.4 Å². The van der Waals surface area contributed by atoms with E-state index in [1.165, 1.54) is 16.2 Å². The van der Waals surface area contributed by atoms with E-state index in [0.29, 0.717) is 22.4 Å². The Balaban J connectivity index is 1.80. The average Bonchev–Trinajstić information content (AvgIpc) is 3.04. The van der Waals surface area contributed by atoms with Crippen molar-refractivity contribution in [1.82, 2.24) is 4.90 Å². The van der Waals surface area contributed by atoms with E-state index in [4.69, 9.17) is 11.6 Å². The molecule has 0 saturated carbocycles. The molecule has 0 aliphatic rings. The first-order valence-electron chi connectivity index (χ1n) is 8.73. The van der Waals surface area contributed by atoms with Crippen LogP contribution in [0, 0.1) is 17.5 Å². The Morgan fingerprint density at radius 1 is 1.10 bits per heavy atom. The number of amides is 2. The highest BCUT2D eigenvalue weighted by molar-refractivity contribution is 7.21. The highest BCUT2D eigenvalue weighted by atomic mass is 35.5. The number of carbonyl (C=O) groups is 2. The molecule has 1 N–H and O–H groups in total.